The lowest BCUT2D eigenvalue weighted by atomic mass is 10.1. The molecule has 1 aliphatic rings. The smallest absolute Gasteiger partial charge is 0.226 e. The zero-order valence-electron chi connectivity index (χ0n) is 17.1. The Labute approximate surface area is 181 Å². The van der Waals surface area contributed by atoms with Crippen molar-refractivity contribution in [1.82, 2.24) is 14.8 Å². The lowest BCUT2D eigenvalue weighted by Crippen LogP contribution is -2.15. The number of aromatic nitrogens is 3. The summed E-state index contributed by atoms with van der Waals surface area (Å²) in [7, 11) is 0. The highest BCUT2D eigenvalue weighted by molar-refractivity contribution is 7.71. The van der Waals surface area contributed by atoms with E-state index in [1.54, 1.807) is 0 Å². The maximum absolute atomic E-state index is 12.5. The normalized spacial score (nSPS) is 14.0. The second-order valence-corrected chi connectivity index (χ2v) is 8.11. The molecule has 7 heteroatoms. The molecule has 30 heavy (non-hydrogen) atoms. The largest absolute Gasteiger partial charge is 0.490 e. The van der Waals surface area contributed by atoms with Crippen molar-refractivity contribution < 1.29 is 9.53 Å². The number of amides is 1. The van der Waals surface area contributed by atoms with Crippen molar-refractivity contribution >= 4 is 23.8 Å². The van der Waals surface area contributed by atoms with E-state index < -0.39 is 0 Å². The Morgan fingerprint density at radius 1 is 1.23 bits per heavy atom. The molecule has 1 heterocycles. The van der Waals surface area contributed by atoms with Crippen LogP contribution >= 0.6 is 12.2 Å². The minimum Gasteiger partial charge on any atom is -0.490 e. The second kappa shape index (κ2) is 9.26. The fourth-order valence-electron chi connectivity index (χ4n) is 3.73. The minimum atomic E-state index is -0.0778. The summed E-state index contributed by atoms with van der Waals surface area (Å²) in [5.41, 5.74) is 2.88. The Morgan fingerprint density at radius 2 is 2.00 bits per heavy atom. The molecular weight excluding hydrogens is 396 g/mol. The van der Waals surface area contributed by atoms with Crippen molar-refractivity contribution in [3.05, 3.63) is 58.9 Å². The van der Waals surface area contributed by atoms with Gasteiger partial charge in [-0.05, 0) is 57.0 Å². The lowest BCUT2D eigenvalue weighted by Gasteiger charge is -2.14. The van der Waals surface area contributed by atoms with E-state index in [4.69, 9.17) is 17.0 Å². The van der Waals surface area contributed by atoms with E-state index in [-0.39, 0.29) is 5.91 Å². The second-order valence-electron chi connectivity index (χ2n) is 7.72. The fourth-order valence-corrected chi connectivity index (χ4v) is 3.95. The van der Waals surface area contributed by atoms with Crippen LogP contribution in [-0.4, -0.2) is 26.8 Å². The van der Waals surface area contributed by atoms with Crippen molar-refractivity contribution in [2.75, 3.05) is 5.32 Å². The third-order valence-electron chi connectivity index (χ3n) is 5.35. The van der Waals surface area contributed by atoms with Gasteiger partial charge in [0.25, 0.3) is 0 Å². The van der Waals surface area contributed by atoms with E-state index in [1.807, 2.05) is 60.0 Å². The molecule has 0 saturated heterocycles. The Balaban J connectivity index is 1.38. The van der Waals surface area contributed by atoms with E-state index >= 15 is 0 Å². The van der Waals surface area contributed by atoms with Gasteiger partial charge in [0.15, 0.2) is 10.6 Å². The van der Waals surface area contributed by atoms with Gasteiger partial charge in [0.05, 0.1) is 6.10 Å². The fraction of sp³-hybridized carbons (Fsp3) is 0.348. The number of benzene rings is 2. The van der Waals surface area contributed by atoms with Gasteiger partial charge in [-0.15, -0.1) is 0 Å². The van der Waals surface area contributed by atoms with Crippen molar-refractivity contribution in [3.8, 4) is 17.1 Å². The van der Waals surface area contributed by atoms with Gasteiger partial charge >= 0.3 is 0 Å². The van der Waals surface area contributed by atoms with Gasteiger partial charge < -0.3 is 10.1 Å². The molecule has 0 spiro atoms. The number of aryl methyl sites for hydroxylation is 1. The van der Waals surface area contributed by atoms with Crippen LogP contribution in [0.25, 0.3) is 11.4 Å². The number of carbonyl (C=O) groups is 1. The maximum atomic E-state index is 12.5. The van der Waals surface area contributed by atoms with Crippen LogP contribution in [0.3, 0.4) is 0 Å². The van der Waals surface area contributed by atoms with E-state index in [1.165, 1.54) is 18.4 Å². The molecule has 6 nitrogen and oxygen atoms in total. The molecule has 0 radical (unpaired) electrons. The first-order valence-corrected chi connectivity index (χ1v) is 10.8. The molecule has 1 aliphatic carbocycles. The molecule has 0 bridgehead atoms. The molecule has 1 saturated carbocycles. The monoisotopic (exact) mass is 422 g/mol. The summed E-state index contributed by atoms with van der Waals surface area (Å²) in [6.07, 6.45) is 5.24. The minimum absolute atomic E-state index is 0.0778. The van der Waals surface area contributed by atoms with Gasteiger partial charge in [-0.2, -0.15) is 5.10 Å². The Kier molecular flexibility index (Phi) is 6.28. The predicted molar refractivity (Wildman–Crippen MR) is 120 cm³/mol. The van der Waals surface area contributed by atoms with Crippen LogP contribution in [0.1, 0.15) is 37.7 Å². The molecule has 3 aromatic rings. The highest BCUT2D eigenvalue weighted by atomic mass is 32.1. The first kappa shape index (κ1) is 20.3. The maximum Gasteiger partial charge on any atom is 0.226 e. The van der Waals surface area contributed by atoms with Gasteiger partial charge in [-0.25, -0.2) is 0 Å². The number of anilines is 1. The number of hydrogen-bond acceptors (Lipinski definition) is 4. The number of H-pyrrole nitrogens is 1. The molecule has 1 fully saturated rings. The predicted octanol–water partition coefficient (Wildman–Crippen LogP) is 5.27. The van der Waals surface area contributed by atoms with E-state index in [0.29, 0.717) is 23.8 Å². The van der Waals surface area contributed by atoms with Crippen LogP contribution in [0.2, 0.25) is 0 Å². The number of ether oxygens (including phenoxy) is 1. The highest BCUT2D eigenvalue weighted by Crippen LogP contribution is 2.26. The van der Waals surface area contributed by atoms with Gasteiger partial charge in [-0.1, -0.05) is 35.9 Å². The van der Waals surface area contributed by atoms with Gasteiger partial charge in [0.2, 0.25) is 5.91 Å². The number of nitrogens with zero attached hydrogens (tertiary/aromatic N) is 2. The van der Waals surface area contributed by atoms with E-state index in [2.05, 4.69) is 15.5 Å². The zero-order chi connectivity index (χ0) is 20.9. The molecule has 2 N–H and O–H groups in total. The topological polar surface area (TPSA) is 71.9 Å². The standard InChI is InChI=1S/C23H26N4O2S/c1-16-9-11-17(12-10-16)22-25-26-23(30)27(22)14-13-21(28)24-18-5-4-8-20(15-18)29-19-6-2-3-7-19/h4-5,8-12,15,19H,2-3,6-7,13-14H2,1H3,(H,24,28)(H,26,30). The van der Waals surface area contributed by atoms with Crippen LogP contribution < -0.4 is 10.1 Å². The molecule has 1 aromatic heterocycles. The van der Waals surface area contributed by atoms with E-state index in [0.717, 1.165) is 35.7 Å². The Bertz CT molecular complexity index is 1070. The number of nitrogens with one attached hydrogen (secondary N) is 2. The lowest BCUT2D eigenvalue weighted by molar-refractivity contribution is -0.116. The summed E-state index contributed by atoms with van der Waals surface area (Å²) >= 11 is 5.36. The average Bonchev–Trinajstić information content (AvgIpc) is 3.37. The first-order valence-electron chi connectivity index (χ1n) is 10.4. The number of rotatable bonds is 7. The van der Waals surface area contributed by atoms with Crippen molar-refractivity contribution in [3.63, 3.8) is 0 Å². The van der Waals surface area contributed by atoms with Gasteiger partial charge in [0.1, 0.15) is 5.75 Å². The molecule has 1 amide bonds. The average molecular weight is 423 g/mol. The number of carbonyl (C=O) groups excluding carboxylic acids is 1. The van der Waals surface area contributed by atoms with E-state index in [9.17, 15) is 4.79 Å². The summed E-state index contributed by atoms with van der Waals surface area (Å²) in [6, 6.07) is 15.7. The number of hydrogen-bond donors (Lipinski definition) is 2. The summed E-state index contributed by atoms with van der Waals surface area (Å²) in [6.45, 7) is 2.49. The summed E-state index contributed by atoms with van der Waals surface area (Å²) < 4.78 is 8.39. The summed E-state index contributed by atoms with van der Waals surface area (Å²) in [5.74, 6) is 1.46. The highest BCUT2D eigenvalue weighted by Gasteiger charge is 2.16. The molecule has 0 unspecified atom stereocenters. The van der Waals surface area contributed by atoms with Crippen LogP contribution in [-0.2, 0) is 11.3 Å². The third kappa shape index (κ3) is 4.97. The van der Waals surface area contributed by atoms with Gasteiger partial charge in [0, 0.05) is 30.3 Å². The quantitative estimate of drug-likeness (QED) is 0.509. The third-order valence-corrected chi connectivity index (χ3v) is 5.66. The number of aromatic amines is 1. The molecule has 0 aliphatic heterocycles. The van der Waals surface area contributed by atoms with Crippen molar-refractivity contribution in [1.29, 1.82) is 0 Å². The van der Waals surface area contributed by atoms with Crippen LogP contribution in [0.4, 0.5) is 5.69 Å². The summed E-state index contributed by atoms with van der Waals surface area (Å²) in [4.78, 5) is 12.5. The summed E-state index contributed by atoms with van der Waals surface area (Å²) in [5, 5.41) is 10.1. The zero-order valence-corrected chi connectivity index (χ0v) is 17.9. The molecule has 2 aromatic carbocycles. The molecule has 4 rings (SSSR count). The Morgan fingerprint density at radius 3 is 2.77 bits per heavy atom. The Hall–Kier alpha value is -2.93. The van der Waals surface area contributed by atoms with Crippen molar-refractivity contribution in [2.45, 2.75) is 51.7 Å². The van der Waals surface area contributed by atoms with Crippen LogP contribution in [0.5, 0.6) is 5.75 Å². The van der Waals surface area contributed by atoms with Crippen molar-refractivity contribution in [2.24, 2.45) is 0 Å². The van der Waals surface area contributed by atoms with Crippen LogP contribution in [0, 0.1) is 11.7 Å². The molecule has 0 atom stereocenters. The first-order chi connectivity index (χ1) is 14.6. The molecule has 156 valence electrons. The van der Waals surface area contributed by atoms with Crippen LogP contribution in [0.15, 0.2) is 48.5 Å². The SMILES string of the molecule is Cc1ccc(-c2n[nH]c(=S)n2CCC(=O)Nc2cccc(OC3CCCC3)c2)cc1. The molecular formula is C23H26N4O2S. The van der Waals surface area contributed by atoms with Gasteiger partial charge in [-0.3, -0.25) is 14.5 Å².